The van der Waals surface area contributed by atoms with Crippen molar-refractivity contribution in [3.8, 4) is 0 Å². The van der Waals surface area contributed by atoms with Crippen molar-refractivity contribution >= 4 is 62.3 Å². The molecule has 41 heavy (non-hydrogen) atoms. The van der Waals surface area contributed by atoms with E-state index in [1.54, 1.807) is 13.0 Å². The van der Waals surface area contributed by atoms with Gasteiger partial charge in [0.2, 0.25) is 11.8 Å². The third kappa shape index (κ3) is 7.65. The number of likely N-dealkylation sites (N-methyl/N-ethyl adjacent to an activating group) is 1. The van der Waals surface area contributed by atoms with Crippen molar-refractivity contribution in [2.45, 2.75) is 37.5 Å². The molecule has 0 aliphatic rings. The van der Waals surface area contributed by atoms with Crippen LogP contribution in [0, 0.1) is 6.92 Å². The summed E-state index contributed by atoms with van der Waals surface area (Å²) < 4.78 is 69.2. The average molecular weight is 651 g/mol. The fourth-order valence-electron chi connectivity index (χ4n) is 3.88. The number of benzene rings is 3. The van der Waals surface area contributed by atoms with Crippen LogP contribution in [-0.2, 0) is 32.3 Å². The average Bonchev–Trinajstić information content (AvgIpc) is 2.91. The fourth-order valence-corrected chi connectivity index (χ4v) is 5.83. The van der Waals surface area contributed by atoms with E-state index in [2.05, 4.69) is 5.32 Å². The number of alkyl halides is 3. The first-order chi connectivity index (χ1) is 19.1. The Morgan fingerprint density at radius 3 is 2.10 bits per heavy atom. The van der Waals surface area contributed by atoms with Crippen LogP contribution in [0.15, 0.2) is 65.6 Å². The molecule has 3 rings (SSSR count). The molecule has 0 aromatic heterocycles. The van der Waals surface area contributed by atoms with Crippen LogP contribution >= 0.6 is 34.8 Å². The predicted molar refractivity (Wildman–Crippen MR) is 153 cm³/mol. The summed E-state index contributed by atoms with van der Waals surface area (Å²) >= 11 is 17.9. The van der Waals surface area contributed by atoms with Gasteiger partial charge < -0.3 is 10.2 Å². The lowest BCUT2D eigenvalue weighted by molar-refractivity contribution is -0.139. The number of aryl methyl sites for hydroxylation is 1. The first-order valence-corrected chi connectivity index (χ1v) is 14.5. The van der Waals surface area contributed by atoms with Crippen molar-refractivity contribution in [1.82, 2.24) is 10.2 Å². The Balaban J connectivity index is 2.13. The highest BCUT2D eigenvalue weighted by molar-refractivity contribution is 7.92. The number of hydrogen-bond donors (Lipinski definition) is 1. The van der Waals surface area contributed by atoms with Gasteiger partial charge >= 0.3 is 6.18 Å². The minimum absolute atomic E-state index is 0.183. The van der Waals surface area contributed by atoms with Crippen LogP contribution in [0.3, 0.4) is 0 Å². The molecule has 3 aromatic rings. The Kier molecular flexibility index (Phi) is 10.2. The maximum absolute atomic E-state index is 13.8. The predicted octanol–water partition coefficient (Wildman–Crippen LogP) is 6.33. The van der Waals surface area contributed by atoms with Gasteiger partial charge in [0.05, 0.1) is 31.2 Å². The lowest BCUT2D eigenvalue weighted by atomic mass is 10.1. The zero-order chi connectivity index (χ0) is 30.7. The van der Waals surface area contributed by atoms with E-state index in [1.807, 2.05) is 0 Å². The number of carbonyl (C=O) groups is 2. The Labute approximate surface area is 250 Å². The summed E-state index contributed by atoms with van der Waals surface area (Å²) in [7, 11) is -3.21. The molecule has 1 N–H and O–H groups in total. The Morgan fingerprint density at radius 2 is 1.54 bits per heavy atom. The summed E-state index contributed by atoms with van der Waals surface area (Å²) in [6.07, 6.45) is -4.90. The summed E-state index contributed by atoms with van der Waals surface area (Å²) in [6.45, 7) is 2.04. The molecular formula is C27H25Cl3F3N3O4S. The smallest absolute Gasteiger partial charge is 0.357 e. The molecule has 1 atom stereocenters. The monoisotopic (exact) mass is 649 g/mol. The number of rotatable bonds is 9. The van der Waals surface area contributed by atoms with E-state index in [0.29, 0.717) is 15.9 Å². The van der Waals surface area contributed by atoms with Crippen LogP contribution in [0.25, 0.3) is 0 Å². The molecule has 0 unspecified atom stereocenters. The first kappa shape index (κ1) is 32.5. The molecule has 0 heterocycles. The van der Waals surface area contributed by atoms with Crippen molar-refractivity contribution in [2.75, 3.05) is 17.9 Å². The van der Waals surface area contributed by atoms with E-state index in [4.69, 9.17) is 34.8 Å². The Hall–Kier alpha value is -2.99. The van der Waals surface area contributed by atoms with Crippen LogP contribution < -0.4 is 9.62 Å². The van der Waals surface area contributed by atoms with E-state index in [9.17, 15) is 31.2 Å². The van der Waals surface area contributed by atoms with Crippen LogP contribution in [0.5, 0.6) is 0 Å². The van der Waals surface area contributed by atoms with Crippen molar-refractivity contribution < 1.29 is 31.2 Å². The SMILES string of the molecule is CNC(=O)[C@@H](C)N(Cc1ccc(Cl)c(Cl)c1)C(=O)CN(c1ccc(Cl)c(C(F)(F)F)c1)S(=O)(=O)c1ccc(C)cc1. The van der Waals surface area contributed by atoms with Crippen LogP contribution in [0.4, 0.5) is 18.9 Å². The highest BCUT2D eigenvalue weighted by Crippen LogP contribution is 2.38. The van der Waals surface area contributed by atoms with Crippen molar-refractivity contribution in [1.29, 1.82) is 0 Å². The molecule has 2 amide bonds. The van der Waals surface area contributed by atoms with Gasteiger partial charge in [-0.1, -0.05) is 58.6 Å². The quantitative estimate of drug-likeness (QED) is 0.293. The number of halogens is 6. The second-order valence-electron chi connectivity index (χ2n) is 9.05. The van der Waals surface area contributed by atoms with Gasteiger partial charge in [-0.05, 0) is 61.9 Å². The van der Waals surface area contributed by atoms with E-state index >= 15 is 0 Å². The highest BCUT2D eigenvalue weighted by atomic mass is 35.5. The summed E-state index contributed by atoms with van der Waals surface area (Å²) in [5.74, 6) is -1.43. The van der Waals surface area contributed by atoms with Gasteiger partial charge in [0, 0.05) is 13.6 Å². The molecule has 0 saturated carbocycles. The van der Waals surface area contributed by atoms with Gasteiger partial charge in [-0.25, -0.2) is 8.42 Å². The molecule has 0 radical (unpaired) electrons. The Morgan fingerprint density at radius 1 is 0.927 bits per heavy atom. The van der Waals surface area contributed by atoms with Gasteiger partial charge in [-0.2, -0.15) is 13.2 Å². The molecular weight excluding hydrogens is 626 g/mol. The second kappa shape index (κ2) is 12.9. The number of amides is 2. The summed E-state index contributed by atoms with van der Waals surface area (Å²) in [4.78, 5) is 27.1. The van der Waals surface area contributed by atoms with Crippen molar-refractivity contribution in [2.24, 2.45) is 0 Å². The molecule has 0 aliphatic heterocycles. The van der Waals surface area contributed by atoms with Crippen molar-refractivity contribution in [3.05, 3.63) is 92.4 Å². The number of hydrogen-bond acceptors (Lipinski definition) is 4. The maximum Gasteiger partial charge on any atom is 0.417 e. The third-order valence-electron chi connectivity index (χ3n) is 6.18. The van der Waals surface area contributed by atoms with E-state index in [0.717, 1.165) is 22.6 Å². The van der Waals surface area contributed by atoms with Gasteiger partial charge in [-0.15, -0.1) is 0 Å². The van der Waals surface area contributed by atoms with Crippen molar-refractivity contribution in [3.63, 3.8) is 0 Å². The zero-order valence-corrected chi connectivity index (χ0v) is 25.1. The molecule has 0 saturated heterocycles. The van der Waals surface area contributed by atoms with E-state index < -0.39 is 56.9 Å². The minimum Gasteiger partial charge on any atom is -0.357 e. The third-order valence-corrected chi connectivity index (χ3v) is 9.04. The molecule has 0 spiro atoms. The topological polar surface area (TPSA) is 86.8 Å². The Bertz CT molecular complexity index is 1550. The van der Waals surface area contributed by atoms with Gasteiger partial charge in [0.15, 0.2) is 0 Å². The zero-order valence-electron chi connectivity index (χ0n) is 22.0. The molecule has 0 bridgehead atoms. The van der Waals surface area contributed by atoms with Gasteiger partial charge in [0.25, 0.3) is 10.0 Å². The number of carbonyl (C=O) groups excluding carboxylic acids is 2. The van der Waals surface area contributed by atoms with Crippen LogP contribution in [0.1, 0.15) is 23.6 Å². The summed E-state index contributed by atoms with van der Waals surface area (Å²) in [6, 6.07) is 11.6. The molecule has 7 nitrogen and oxygen atoms in total. The van der Waals surface area contributed by atoms with E-state index in [-0.39, 0.29) is 21.5 Å². The summed E-state index contributed by atoms with van der Waals surface area (Å²) in [5.41, 5.74) is -0.510. The fraction of sp³-hybridized carbons (Fsp3) is 0.259. The molecule has 3 aromatic carbocycles. The second-order valence-corrected chi connectivity index (χ2v) is 12.1. The lowest BCUT2D eigenvalue weighted by Crippen LogP contribution is -2.50. The standard InChI is InChI=1S/C27H25Cl3F3N3O4S/c1-16-4-8-20(9-5-16)41(39,40)36(19-7-11-22(28)21(13-19)27(31,32)33)15-25(37)35(17(2)26(38)34-3)14-18-6-10-23(29)24(30)12-18/h4-13,17H,14-15H2,1-3H3,(H,34,38)/t17-/m1/s1. The normalized spacial score (nSPS) is 12.5. The number of anilines is 1. The maximum atomic E-state index is 13.8. The number of nitrogens with one attached hydrogen (secondary N) is 1. The molecule has 0 aliphatic carbocycles. The largest absolute Gasteiger partial charge is 0.417 e. The van der Waals surface area contributed by atoms with E-state index in [1.165, 1.54) is 50.4 Å². The molecule has 220 valence electrons. The molecule has 0 fully saturated rings. The molecule has 14 heteroatoms. The minimum atomic E-state index is -4.90. The number of sulfonamides is 1. The van der Waals surface area contributed by atoms with Crippen LogP contribution in [-0.4, -0.2) is 44.8 Å². The highest BCUT2D eigenvalue weighted by Gasteiger charge is 2.37. The number of nitrogens with zero attached hydrogens (tertiary/aromatic N) is 2. The lowest BCUT2D eigenvalue weighted by Gasteiger charge is -2.32. The first-order valence-electron chi connectivity index (χ1n) is 12.0. The summed E-state index contributed by atoms with van der Waals surface area (Å²) in [5, 5.41) is 2.23. The van der Waals surface area contributed by atoms with Gasteiger partial charge in [0.1, 0.15) is 12.6 Å². The van der Waals surface area contributed by atoms with Crippen LogP contribution in [0.2, 0.25) is 15.1 Å². The van der Waals surface area contributed by atoms with Gasteiger partial charge in [-0.3, -0.25) is 13.9 Å².